The van der Waals surface area contributed by atoms with Crippen molar-refractivity contribution >= 4 is 27.7 Å². The van der Waals surface area contributed by atoms with E-state index < -0.39 is 15.9 Å². The number of furan rings is 1. The predicted molar refractivity (Wildman–Crippen MR) is 106 cm³/mol. The second kappa shape index (κ2) is 6.94. The van der Waals surface area contributed by atoms with Crippen LogP contribution in [0, 0.1) is 0 Å². The van der Waals surface area contributed by atoms with Crippen LogP contribution in [0.3, 0.4) is 0 Å². The van der Waals surface area contributed by atoms with E-state index in [4.69, 9.17) is 4.42 Å². The van der Waals surface area contributed by atoms with Gasteiger partial charge in [0, 0.05) is 5.56 Å². The van der Waals surface area contributed by atoms with Gasteiger partial charge in [-0.25, -0.2) is 0 Å². The molecular weight excluding hydrogens is 376 g/mol. The van der Waals surface area contributed by atoms with Crippen molar-refractivity contribution in [1.29, 1.82) is 0 Å². The highest BCUT2D eigenvalue weighted by atomic mass is 32.2. The van der Waals surface area contributed by atoms with E-state index >= 15 is 0 Å². The van der Waals surface area contributed by atoms with Crippen LogP contribution in [0.15, 0.2) is 92.8 Å². The Morgan fingerprint density at radius 1 is 0.929 bits per heavy atom. The van der Waals surface area contributed by atoms with Crippen molar-refractivity contribution in [2.75, 3.05) is 0 Å². The molecule has 1 aliphatic heterocycles. The summed E-state index contributed by atoms with van der Waals surface area (Å²) in [5.41, 5.74) is 1.39. The van der Waals surface area contributed by atoms with Crippen molar-refractivity contribution in [3.8, 4) is 11.3 Å². The van der Waals surface area contributed by atoms with Crippen LogP contribution in [-0.4, -0.2) is 24.5 Å². The van der Waals surface area contributed by atoms with E-state index in [1.54, 1.807) is 37.3 Å². The lowest BCUT2D eigenvalue weighted by atomic mass is 10.1. The maximum Gasteiger partial charge on any atom is 0.290 e. The molecule has 0 radical (unpaired) electrons. The lowest BCUT2D eigenvalue weighted by molar-refractivity contribution is -0.121. The molecule has 0 atom stereocenters. The standard InChI is InChI=1S/C21H16N2O4S/c1-15-19(14-17-12-13-20(27-17)16-8-4-2-5-9-16)21(24)23(22-15)28(25,26)18-10-6-3-7-11-18/h2-14H,1H3/b19-14+. The molecular formula is C21H16N2O4S. The minimum Gasteiger partial charge on any atom is -0.457 e. The van der Waals surface area contributed by atoms with Gasteiger partial charge in [-0.1, -0.05) is 48.5 Å². The molecule has 1 aliphatic rings. The summed E-state index contributed by atoms with van der Waals surface area (Å²) in [4.78, 5) is 12.7. The number of benzene rings is 2. The van der Waals surface area contributed by atoms with Gasteiger partial charge in [0.05, 0.1) is 16.2 Å². The van der Waals surface area contributed by atoms with Crippen molar-refractivity contribution < 1.29 is 17.6 Å². The lowest BCUT2D eigenvalue weighted by Crippen LogP contribution is -2.29. The number of nitrogens with zero attached hydrogens (tertiary/aromatic N) is 2. The monoisotopic (exact) mass is 392 g/mol. The second-order valence-corrected chi connectivity index (χ2v) is 7.95. The predicted octanol–water partition coefficient (Wildman–Crippen LogP) is 3.94. The number of sulfonamides is 1. The minimum atomic E-state index is -4.06. The molecule has 7 heteroatoms. The molecule has 140 valence electrons. The molecule has 0 saturated heterocycles. The highest BCUT2D eigenvalue weighted by molar-refractivity contribution is 7.89. The summed E-state index contributed by atoms with van der Waals surface area (Å²) >= 11 is 0. The summed E-state index contributed by atoms with van der Waals surface area (Å²) in [5.74, 6) is 0.385. The van der Waals surface area contributed by atoms with E-state index in [0.717, 1.165) is 5.56 Å². The molecule has 0 unspecified atom stereocenters. The molecule has 0 fully saturated rings. The van der Waals surface area contributed by atoms with Gasteiger partial charge in [-0.2, -0.15) is 13.5 Å². The Hall–Kier alpha value is -3.45. The van der Waals surface area contributed by atoms with Crippen LogP contribution in [0.1, 0.15) is 12.7 Å². The average molecular weight is 392 g/mol. The van der Waals surface area contributed by atoms with Gasteiger partial charge in [-0.3, -0.25) is 4.79 Å². The number of carbonyl (C=O) groups excluding carboxylic acids is 1. The fourth-order valence-corrected chi connectivity index (χ4v) is 4.09. The number of hydrogen-bond donors (Lipinski definition) is 0. The molecule has 3 aromatic rings. The molecule has 0 N–H and O–H groups in total. The summed E-state index contributed by atoms with van der Waals surface area (Å²) in [6, 6.07) is 20.8. The maximum absolute atomic E-state index is 12.7. The van der Waals surface area contributed by atoms with Crippen LogP contribution >= 0.6 is 0 Å². The first kappa shape index (κ1) is 17.9. The van der Waals surface area contributed by atoms with Crippen molar-refractivity contribution in [3.63, 3.8) is 0 Å². The average Bonchev–Trinajstić information content (AvgIpc) is 3.30. The number of carbonyl (C=O) groups is 1. The summed E-state index contributed by atoms with van der Waals surface area (Å²) < 4.78 is 31.8. The summed E-state index contributed by atoms with van der Waals surface area (Å²) in [6.07, 6.45) is 1.51. The van der Waals surface area contributed by atoms with Gasteiger partial charge in [0.2, 0.25) is 0 Å². The molecule has 4 rings (SSSR count). The Balaban J connectivity index is 1.65. The van der Waals surface area contributed by atoms with E-state index in [-0.39, 0.29) is 10.5 Å². The number of hydrogen-bond acceptors (Lipinski definition) is 5. The Morgan fingerprint density at radius 3 is 2.25 bits per heavy atom. The number of hydrazone groups is 1. The topological polar surface area (TPSA) is 80.0 Å². The van der Waals surface area contributed by atoms with Crippen molar-refractivity contribution in [1.82, 2.24) is 4.41 Å². The Morgan fingerprint density at radius 2 is 1.57 bits per heavy atom. The maximum atomic E-state index is 12.7. The molecule has 0 bridgehead atoms. The first-order valence-corrected chi connectivity index (χ1v) is 9.98. The molecule has 28 heavy (non-hydrogen) atoms. The minimum absolute atomic E-state index is 0.00510. The lowest BCUT2D eigenvalue weighted by Gasteiger charge is -2.12. The van der Waals surface area contributed by atoms with Gasteiger partial charge in [-0.15, -0.1) is 4.41 Å². The normalized spacial score (nSPS) is 15.9. The highest BCUT2D eigenvalue weighted by Gasteiger charge is 2.37. The zero-order valence-electron chi connectivity index (χ0n) is 14.9. The van der Waals surface area contributed by atoms with Crippen molar-refractivity contribution in [2.24, 2.45) is 5.10 Å². The van der Waals surface area contributed by atoms with Crippen LogP contribution < -0.4 is 0 Å². The van der Waals surface area contributed by atoms with Crippen LogP contribution in [0.25, 0.3) is 17.4 Å². The van der Waals surface area contributed by atoms with Crippen LogP contribution in [0.5, 0.6) is 0 Å². The first-order valence-electron chi connectivity index (χ1n) is 8.54. The van der Waals surface area contributed by atoms with E-state index in [1.165, 1.54) is 18.2 Å². The molecule has 2 heterocycles. The van der Waals surface area contributed by atoms with Gasteiger partial charge in [0.1, 0.15) is 11.5 Å². The largest absolute Gasteiger partial charge is 0.457 e. The van der Waals surface area contributed by atoms with E-state index in [9.17, 15) is 13.2 Å². The van der Waals surface area contributed by atoms with E-state index in [0.29, 0.717) is 21.6 Å². The second-order valence-electron chi connectivity index (χ2n) is 6.18. The zero-order chi connectivity index (χ0) is 19.7. The SMILES string of the molecule is CC1=NN(S(=O)(=O)c2ccccc2)C(=O)/C1=C/c1ccc(-c2ccccc2)o1. The fraction of sp³-hybridized carbons (Fsp3) is 0.0476. The molecule has 2 aromatic carbocycles. The molecule has 1 amide bonds. The smallest absolute Gasteiger partial charge is 0.290 e. The molecule has 0 spiro atoms. The molecule has 0 aliphatic carbocycles. The van der Waals surface area contributed by atoms with Gasteiger partial charge < -0.3 is 4.42 Å². The van der Waals surface area contributed by atoms with E-state index in [1.807, 2.05) is 30.3 Å². The Kier molecular flexibility index (Phi) is 4.44. The molecule has 6 nitrogen and oxygen atoms in total. The molecule has 0 saturated carbocycles. The third-order valence-corrected chi connectivity index (χ3v) is 5.85. The highest BCUT2D eigenvalue weighted by Crippen LogP contribution is 2.27. The Labute approximate surface area is 162 Å². The number of rotatable bonds is 4. The van der Waals surface area contributed by atoms with Gasteiger partial charge in [-0.05, 0) is 37.3 Å². The third kappa shape index (κ3) is 3.16. The van der Waals surface area contributed by atoms with Gasteiger partial charge >= 0.3 is 0 Å². The van der Waals surface area contributed by atoms with Gasteiger partial charge in [0.15, 0.2) is 0 Å². The van der Waals surface area contributed by atoms with E-state index in [2.05, 4.69) is 5.10 Å². The van der Waals surface area contributed by atoms with Gasteiger partial charge in [0.25, 0.3) is 15.9 Å². The first-order chi connectivity index (χ1) is 13.5. The molecule has 1 aromatic heterocycles. The number of amides is 1. The Bertz CT molecular complexity index is 1190. The third-order valence-electron chi connectivity index (χ3n) is 4.28. The summed E-state index contributed by atoms with van der Waals surface area (Å²) in [7, 11) is -4.06. The quantitative estimate of drug-likeness (QED) is 0.630. The fourth-order valence-electron chi connectivity index (χ4n) is 2.84. The summed E-state index contributed by atoms with van der Waals surface area (Å²) in [6.45, 7) is 1.59. The van der Waals surface area contributed by atoms with Crippen molar-refractivity contribution in [3.05, 3.63) is 84.1 Å². The zero-order valence-corrected chi connectivity index (χ0v) is 15.8. The van der Waals surface area contributed by atoms with Crippen LogP contribution in [-0.2, 0) is 14.8 Å². The van der Waals surface area contributed by atoms with Crippen LogP contribution in [0.2, 0.25) is 0 Å². The van der Waals surface area contributed by atoms with Crippen LogP contribution in [0.4, 0.5) is 0 Å². The van der Waals surface area contributed by atoms with Crippen molar-refractivity contribution in [2.45, 2.75) is 11.8 Å². The summed E-state index contributed by atoms with van der Waals surface area (Å²) in [5, 5.41) is 3.96.